The summed E-state index contributed by atoms with van der Waals surface area (Å²) in [5.41, 5.74) is 11.1. The number of nitrogens with two attached hydrogens (primary N) is 2. The van der Waals surface area contributed by atoms with Crippen molar-refractivity contribution in [1.82, 2.24) is 0 Å². The average Bonchev–Trinajstić information content (AvgIpc) is 2.48. The summed E-state index contributed by atoms with van der Waals surface area (Å²) in [7, 11) is 0. The van der Waals surface area contributed by atoms with Crippen molar-refractivity contribution in [3.63, 3.8) is 0 Å². The van der Waals surface area contributed by atoms with Gasteiger partial charge in [-0.25, -0.2) is 9.79 Å². The first kappa shape index (κ1) is 16.6. The lowest BCUT2D eigenvalue weighted by Crippen LogP contribution is -2.21. The fraction of sp³-hybridized carbons (Fsp3) is 0. The van der Waals surface area contributed by atoms with Crippen LogP contribution in [0.4, 0.5) is 11.4 Å². The van der Waals surface area contributed by atoms with Gasteiger partial charge in [0, 0.05) is 12.1 Å². The third-order valence-corrected chi connectivity index (χ3v) is 2.34. The molecule has 0 amide bonds. The van der Waals surface area contributed by atoms with E-state index in [0.717, 1.165) is 0 Å². The molecular formula is C14H14N4O4. The Morgan fingerprint density at radius 1 is 1.05 bits per heavy atom. The number of benzene rings is 2. The van der Waals surface area contributed by atoms with Crippen molar-refractivity contribution in [3.05, 3.63) is 70.3 Å². The number of hydrogen-bond donors (Lipinski definition) is 3. The van der Waals surface area contributed by atoms with Gasteiger partial charge in [-0.1, -0.05) is 18.2 Å². The highest BCUT2D eigenvalue weighted by molar-refractivity contribution is 5.88. The fourth-order valence-corrected chi connectivity index (χ4v) is 1.38. The number of carboxylic acid groups (broad SMARTS) is 1. The minimum Gasteiger partial charge on any atom is -0.478 e. The Morgan fingerprint density at radius 3 is 1.95 bits per heavy atom. The van der Waals surface area contributed by atoms with E-state index in [1.54, 1.807) is 18.2 Å². The molecular weight excluding hydrogens is 288 g/mol. The molecule has 2 rings (SSSR count). The molecule has 0 spiro atoms. The van der Waals surface area contributed by atoms with Crippen molar-refractivity contribution in [2.45, 2.75) is 0 Å². The zero-order valence-corrected chi connectivity index (χ0v) is 11.4. The lowest BCUT2D eigenvalue weighted by Gasteiger charge is -1.95. The topological polar surface area (TPSA) is 145 Å². The number of non-ortho nitro benzene ring substituents is 1. The number of para-hydroxylation sites is 1. The molecule has 0 fully saturated rings. The van der Waals surface area contributed by atoms with Gasteiger partial charge in [0.1, 0.15) is 0 Å². The largest absolute Gasteiger partial charge is 0.478 e. The predicted molar refractivity (Wildman–Crippen MR) is 82.0 cm³/mol. The van der Waals surface area contributed by atoms with Crippen LogP contribution >= 0.6 is 0 Å². The minimum absolute atomic E-state index is 0.0527. The van der Waals surface area contributed by atoms with Gasteiger partial charge in [0.15, 0.2) is 5.96 Å². The molecule has 22 heavy (non-hydrogen) atoms. The molecule has 0 aliphatic heterocycles. The first-order chi connectivity index (χ1) is 10.4. The molecule has 2 aromatic carbocycles. The molecule has 114 valence electrons. The van der Waals surface area contributed by atoms with Crippen LogP contribution in [0.25, 0.3) is 0 Å². The van der Waals surface area contributed by atoms with Crippen molar-refractivity contribution in [3.8, 4) is 0 Å². The maximum absolute atomic E-state index is 10.4. The molecule has 0 saturated carbocycles. The number of carboxylic acids is 1. The van der Waals surface area contributed by atoms with Gasteiger partial charge in [0.05, 0.1) is 16.2 Å². The first-order valence-electron chi connectivity index (χ1n) is 6.02. The maximum Gasteiger partial charge on any atom is 0.335 e. The Kier molecular flexibility index (Phi) is 6.05. The fourth-order valence-electron chi connectivity index (χ4n) is 1.38. The summed E-state index contributed by atoms with van der Waals surface area (Å²) in [5, 5.41) is 18.6. The second kappa shape index (κ2) is 8.00. The van der Waals surface area contributed by atoms with E-state index < -0.39 is 10.9 Å². The third kappa shape index (κ3) is 5.70. The Morgan fingerprint density at radius 2 is 1.59 bits per heavy atom. The van der Waals surface area contributed by atoms with Crippen LogP contribution in [0.2, 0.25) is 0 Å². The van der Waals surface area contributed by atoms with E-state index in [0.29, 0.717) is 5.69 Å². The molecule has 0 bridgehead atoms. The summed E-state index contributed by atoms with van der Waals surface area (Å²) in [6.45, 7) is 0. The van der Waals surface area contributed by atoms with Crippen LogP contribution < -0.4 is 11.5 Å². The van der Waals surface area contributed by atoms with Crippen molar-refractivity contribution in [2.24, 2.45) is 16.5 Å². The van der Waals surface area contributed by atoms with Crippen molar-refractivity contribution >= 4 is 23.3 Å². The molecule has 8 nitrogen and oxygen atoms in total. The van der Waals surface area contributed by atoms with Gasteiger partial charge in [-0.05, 0) is 24.3 Å². The lowest BCUT2D eigenvalue weighted by molar-refractivity contribution is -0.384. The van der Waals surface area contributed by atoms with E-state index in [2.05, 4.69) is 4.99 Å². The smallest absolute Gasteiger partial charge is 0.335 e. The number of aromatic carboxylic acids is 1. The molecule has 2 aromatic rings. The van der Waals surface area contributed by atoms with E-state index in [9.17, 15) is 14.9 Å². The van der Waals surface area contributed by atoms with Crippen LogP contribution in [0.3, 0.4) is 0 Å². The predicted octanol–water partition coefficient (Wildman–Crippen LogP) is 1.88. The number of rotatable bonds is 3. The summed E-state index contributed by atoms with van der Waals surface area (Å²) in [6.07, 6.45) is 0. The SMILES string of the molecule is NC(N)=Nc1ccc(C(=O)O)cc1.O=[N+]([O-])c1ccccc1. The highest BCUT2D eigenvalue weighted by Crippen LogP contribution is 2.12. The molecule has 0 atom stereocenters. The van der Waals surface area contributed by atoms with E-state index >= 15 is 0 Å². The summed E-state index contributed by atoms with van der Waals surface area (Å²) in [5.74, 6) is -1.03. The second-order valence-corrected chi connectivity index (χ2v) is 3.98. The number of nitrogens with zero attached hydrogens (tertiary/aromatic N) is 2. The maximum atomic E-state index is 10.4. The van der Waals surface area contributed by atoms with Gasteiger partial charge >= 0.3 is 5.97 Å². The average molecular weight is 302 g/mol. The van der Waals surface area contributed by atoms with Crippen LogP contribution in [-0.2, 0) is 0 Å². The lowest BCUT2D eigenvalue weighted by atomic mass is 10.2. The quantitative estimate of drug-likeness (QED) is 0.341. The van der Waals surface area contributed by atoms with Crippen LogP contribution in [0.5, 0.6) is 0 Å². The van der Waals surface area contributed by atoms with Crippen molar-refractivity contribution in [1.29, 1.82) is 0 Å². The molecule has 5 N–H and O–H groups in total. The summed E-state index contributed by atoms with van der Waals surface area (Å²) in [4.78, 5) is 23.8. The Hall–Kier alpha value is -3.42. The minimum atomic E-state index is -0.976. The van der Waals surface area contributed by atoms with E-state index in [1.807, 2.05) is 0 Å². The van der Waals surface area contributed by atoms with Crippen molar-refractivity contribution < 1.29 is 14.8 Å². The van der Waals surface area contributed by atoms with Gasteiger partial charge in [-0.2, -0.15) is 0 Å². The van der Waals surface area contributed by atoms with Gasteiger partial charge in [-0.3, -0.25) is 10.1 Å². The summed E-state index contributed by atoms with van der Waals surface area (Å²) in [6, 6.07) is 13.9. The Labute approximate surface area is 125 Å². The monoisotopic (exact) mass is 302 g/mol. The summed E-state index contributed by atoms with van der Waals surface area (Å²) >= 11 is 0. The van der Waals surface area contributed by atoms with E-state index in [4.69, 9.17) is 16.6 Å². The molecule has 8 heteroatoms. The van der Waals surface area contributed by atoms with Gasteiger partial charge in [-0.15, -0.1) is 0 Å². The number of guanidine groups is 1. The normalized spacial score (nSPS) is 9.09. The number of nitro groups is 1. The van der Waals surface area contributed by atoms with Gasteiger partial charge < -0.3 is 16.6 Å². The second-order valence-electron chi connectivity index (χ2n) is 3.98. The van der Waals surface area contributed by atoms with Crippen LogP contribution in [0.15, 0.2) is 59.6 Å². The van der Waals surface area contributed by atoms with Crippen LogP contribution in [-0.4, -0.2) is 22.0 Å². The zero-order chi connectivity index (χ0) is 16.5. The van der Waals surface area contributed by atoms with Crippen LogP contribution in [0.1, 0.15) is 10.4 Å². The van der Waals surface area contributed by atoms with Crippen molar-refractivity contribution in [2.75, 3.05) is 0 Å². The van der Waals surface area contributed by atoms with E-state index in [-0.39, 0.29) is 17.2 Å². The standard InChI is InChI=1S/C8H9N3O2.C6H5NO2/c9-8(10)11-6-3-1-5(2-4-6)7(12)13;8-7(9)6-4-2-1-3-5-6/h1-4H,(H,12,13)(H4,9,10,11);1-5H. The Balaban J connectivity index is 0.000000235. The number of nitro benzene ring substituents is 1. The Bertz CT molecular complexity index is 665. The molecule has 0 radical (unpaired) electrons. The first-order valence-corrected chi connectivity index (χ1v) is 6.02. The molecule has 0 aliphatic rings. The number of hydrogen-bond acceptors (Lipinski definition) is 4. The molecule has 0 aromatic heterocycles. The van der Waals surface area contributed by atoms with Crippen LogP contribution in [0, 0.1) is 10.1 Å². The number of carbonyl (C=O) groups is 1. The van der Waals surface area contributed by atoms with Gasteiger partial charge in [0.25, 0.3) is 5.69 Å². The summed E-state index contributed by atoms with van der Waals surface area (Å²) < 4.78 is 0. The molecule has 0 heterocycles. The zero-order valence-electron chi connectivity index (χ0n) is 11.4. The third-order valence-electron chi connectivity index (χ3n) is 2.34. The number of aliphatic imine (C=N–C) groups is 1. The highest BCUT2D eigenvalue weighted by Gasteiger charge is 2.00. The molecule has 0 aliphatic carbocycles. The molecule has 0 saturated heterocycles. The highest BCUT2D eigenvalue weighted by atomic mass is 16.6. The van der Waals surface area contributed by atoms with Gasteiger partial charge in [0.2, 0.25) is 0 Å². The van der Waals surface area contributed by atoms with E-state index in [1.165, 1.54) is 36.4 Å². The molecule has 0 unspecified atom stereocenters.